The first-order valence-electron chi connectivity index (χ1n) is 9.97. The van der Waals surface area contributed by atoms with E-state index in [0.29, 0.717) is 18.6 Å². The fraction of sp³-hybridized carbons (Fsp3) is 0.474. The van der Waals surface area contributed by atoms with Gasteiger partial charge in [0, 0.05) is 19.7 Å². The third-order valence-corrected chi connectivity index (χ3v) is 6.11. The number of oxazole rings is 1. The number of halogens is 3. The van der Waals surface area contributed by atoms with E-state index in [0.717, 1.165) is 16.6 Å². The lowest BCUT2D eigenvalue weighted by Crippen LogP contribution is -2.44. The number of nitrogens with zero attached hydrogens (tertiary/aromatic N) is 2. The molecule has 10 nitrogen and oxygen atoms in total. The molecule has 0 spiro atoms. The molecule has 0 aliphatic carbocycles. The van der Waals surface area contributed by atoms with Crippen molar-refractivity contribution in [3.63, 3.8) is 0 Å². The Morgan fingerprint density at radius 2 is 2.00 bits per heavy atom. The Bertz CT molecular complexity index is 1080. The minimum atomic E-state index is -4.93. The second-order valence-electron chi connectivity index (χ2n) is 7.42. The third-order valence-electron chi connectivity index (χ3n) is 4.62. The SMILES string of the molecule is CC(C)c1ccc(OC(F)(F)F)c(Nc2nc(C(=O)NS(=O)(=O)N3CCCOCC3)co2)c1. The highest BCUT2D eigenvalue weighted by Gasteiger charge is 2.32. The number of carbonyl (C=O) groups is 1. The number of amides is 1. The predicted molar refractivity (Wildman–Crippen MR) is 110 cm³/mol. The van der Waals surface area contributed by atoms with Gasteiger partial charge in [0.2, 0.25) is 0 Å². The summed E-state index contributed by atoms with van der Waals surface area (Å²) >= 11 is 0. The number of anilines is 2. The summed E-state index contributed by atoms with van der Waals surface area (Å²) in [5, 5.41) is 2.54. The van der Waals surface area contributed by atoms with Gasteiger partial charge in [-0.05, 0) is 30.0 Å². The lowest BCUT2D eigenvalue weighted by Gasteiger charge is -2.18. The molecule has 3 rings (SSSR count). The van der Waals surface area contributed by atoms with Crippen molar-refractivity contribution in [3.8, 4) is 5.75 Å². The van der Waals surface area contributed by atoms with Crippen molar-refractivity contribution in [3.05, 3.63) is 35.7 Å². The van der Waals surface area contributed by atoms with Gasteiger partial charge in [-0.25, -0.2) is 4.72 Å². The van der Waals surface area contributed by atoms with Gasteiger partial charge in [0.15, 0.2) is 11.4 Å². The predicted octanol–water partition coefficient (Wildman–Crippen LogP) is 3.14. The first-order chi connectivity index (χ1) is 15.4. The average molecular weight is 492 g/mol. The highest BCUT2D eigenvalue weighted by molar-refractivity contribution is 7.87. The molecule has 182 valence electrons. The summed E-state index contributed by atoms with van der Waals surface area (Å²) in [4.78, 5) is 16.2. The zero-order valence-electron chi connectivity index (χ0n) is 17.8. The van der Waals surface area contributed by atoms with E-state index in [9.17, 15) is 26.4 Å². The van der Waals surface area contributed by atoms with Crippen LogP contribution < -0.4 is 14.8 Å². The van der Waals surface area contributed by atoms with Crippen LogP contribution in [0, 0.1) is 0 Å². The largest absolute Gasteiger partial charge is 0.573 e. The van der Waals surface area contributed by atoms with Crippen molar-refractivity contribution in [1.29, 1.82) is 0 Å². The van der Waals surface area contributed by atoms with Crippen LogP contribution in [0.25, 0.3) is 0 Å². The van der Waals surface area contributed by atoms with Crippen molar-refractivity contribution in [2.24, 2.45) is 0 Å². The van der Waals surface area contributed by atoms with Gasteiger partial charge in [0.05, 0.1) is 12.3 Å². The van der Waals surface area contributed by atoms with E-state index >= 15 is 0 Å². The molecule has 0 atom stereocenters. The fourth-order valence-electron chi connectivity index (χ4n) is 2.97. The molecule has 1 saturated heterocycles. The van der Waals surface area contributed by atoms with Crippen molar-refractivity contribution < 1.29 is 40.3 Å². The molecule has 33 heavy (non-hydrogen) atoms. The summed E-state index contributed by atoms with van der Waals surface area (Å²) < 4.78 is 80.5. The molecule has 0 radical (unpaired) electrons. The number of aromatic nitrogens is 1. The highest BCUT2D eigenvalue weighted by atomic mass is 32.2. The van der Waals surface area contributed by atoms with E-state index < -0.39 is 28.2 Å². The molecule has 2 N–H and O–H groups in total. The zero-order chi connectivity index (χ0) is 24.2. The first kappa shape index (κ1) is 24.8. The second kappa shape index (κ2) is 9.97. The second-order valence-corrected chi connectivity index (χ2v) is 9.09. The standard InChI is InChI=1S/C19H23F3N4O6S/c1-12(2)13-4-5-16(32-19(20,21)22)14(10-13)23-18-24-15(11-31-18)17(27)25-33(28,29)26-6-3-8-30-9-7-26/h4-5,10-12H,3,6-9H2,1-2H3,(H,23,24)(H,25,27). The van der Waals surface area contributed by atoms with E-state index in [1.165, 1.54) is 12.1 Å². The molecule has 0 unspecified atom stereocenters. The van der Waals surface area contributed by atoms with Crippen LogP contribution in [-0.2, 0) is 14.9 Å². The van der Waals surface area contributed by atoms with Crippen molar-refractivity contribution >= 4 is 27.8 Å². The van der Waals surface area contributed by atoms with Gasteiger partial charge in [-0.2, -0.15) is 17.7 Å². The normalized spacial score (nSPS) is 15.8. The first-order valence-corrected chi connectivity index (χ1v) is 11.4. The van der Waals surface area contributed by atoms with Crippen LogP contribution in [0.5, 0.6) is 5.75 Å². The maximum Gasteiger partial charge on any atom is 0.573 e. The van der Waals surface area contributed by atoms with Gasteiger partial charge in [-0.15, -0.1) is 13.2 Å². The molecular formula is C19H23F3N4O6S. The van der Waals surface area contributed by atoms with Crippen LogP contribution in [0.3, 0.4) is 0 Å². The zero-order valence-corrected chi connectivity index (χ0v) is 18.6. The van der Waals surface area contributed by atoms with Gasteiger partial charge in [0.1, 0.15) is 6.26 Å². The van der Waals surface area contributed by atoms with Crippen LogP contribution in [-0.4, -0.2) is 56.3 Å². The van der Waals surface area contributed by atoms with Gasteiger partial charge < -0.3 is 19.2 Å². The van der Waals surface area contributed by atoms with Crippen LogP contribution in [0.1, 0.15) is 42.2 Å². The van der Waals surface area contributed by atoms with Crippen molar-refractivity contribution in [1.82, 2.24) is 14.0 Å². The minimum Gasteiger partial charge on any atom is -0.431 e. The van der Waals surface area contributed by atoms with Gasteiger partial charge in [-0.3, -0.25) is 4.79 Å². The average Bonchev–Trinajstić information content (AvgIpc) is 2.99. The Kier molecular flexibility index (Phi) is 7.49. The minimum absolute atomic E-state index is 0.00554. The van der Waals surface area contributed by atoms with Crippen LogP contribution >= 0.6 is 0 Å². The van der Waals surface area contributed by atoms with Crippen LogP contribution in [0.15, 0.2) is 28.9 Å². The number of hydrogen-bond acceptors (Lipinski definition) is 8. The molecular weight excluding hydrogens is 469 g/mol. The summed E-state index contributed by atoms with van der Waals surface area (Å²) in [7, 11) is -4.14. The number of alkyl halides is 3. The van der Waals surface area contributed by atoms with E-state index in [1.807, 2.05) is 18.6 Å². The summed E-state index contributed by atoms with van der Waals surface area (Å²) in [6.45, 7) is 4.59. The number of benzene rings is 1. The molecule has 1 amide bonds. The number of ether oxygens (including phenoxy) is 2. The summed E-state index contributed by atoms with van der Waals surface area (Å²) in [5.41, 5.74) is 0.235. The maximum absolute atomic E-state index is 12.8. The van der Waals surface area contributed by atoms with E-state index in [1.54, 1.807) is 0 Å². The molecule has 1 aliphatic rings. The van der Waals surface area contributed by atoms with E-state index in [4.69, 9.17) is 9.15 Å². The molecule has 1 aromatic carbocycles. The van der Waals surface area contributed by atoms with Gasteiger partial charge in [0.25, 0.3) is 11.9 Å². The molecule has 14 heteroatoms. The topological polar surface area (TPSA) is 123 Å². The summed E-state index contributed by atoms with van der Waals surface area (Å²) in [6.07, 6.45) is -3.57. The van der Waals surface area contributed by atoms with Crippen molar-refractivity contribution in [2.75, 3.05) is 31.6 Å². The Hall–Kier alpha value is -2.84. The quantitative estimate of drug-likeness (QED) is 0.605. The maximum atomic E-state index is 12.8. The number of carbonyl (C=O) groups excluding carboxylic acids is 1. The molecule has 1 aromatic heterocycles. The van der Waals surface area contributed by atoms with Crippen LogP contribution in [0.4, 0.5) is 24.9 Å². The smallest absolute Gasteiger partial charge is 0.431 e. The Morgan fingerprint density at radius 3 is 2.70 bits per heavy atom. The molecule has 0 bridgehead atoms. The van der Waals surface area contributed by atoms with Crippen molar-refractivity contribution in [2.45, 2.75) is 32.5 Å². The van der Waals surface area contributed by atoms with E-state index in [2.05, 4.69) is 15.0 Å². The summed E-state index contributed by atoms with van der Waals surface area (Å²) in [6, 6.07) is 3.75. The lowest BCUT2D eigenvalue weighted by molar-refractivity contribution is -0.274. The molecule has 1 aliphatic heterocycles. The Labute approximate surface area is 188 Å². The summed E-state index contributed by atoms with van der Waals surface area (Å²) in [5.74, 6) is -1.58. The Morgan fingerprint density at radius 1 is 1.24 bits per heavy atom. The van der Waals surface area contributed by atoms with Gasteiger partial charge in [-0.1, -0.05) is 19.9 Å². The molecule has 2 aromatic rings. The molecule has 2 heterocycles. The molecule has 1 fully saturated rings. The fourth-order valence-corrected chi connectivity index (χ4v) is 4.12. The number of nitrogens with one attached hydrogen (secondary N) is 2. The lowest BCUT2D eigenvalue weighted by atomic mass is 10.0. The third kappa shape index (κ3) is 6.82. The number of hydrogen-bond donors (Lipinski definition) is 2. The van der Waals surface area contributed by atoms with Gasteiger partial charge >= 0.3 is 16.6 Å². The van der Waals surface area contributed by atoms with E-state index in [-0.39, 0.29) is 43.0 Å². The number of rotatable bonds is 7. The van der Waals surface area contributed by atoms with Crippen LogP contribution in [0.2, 0.25) is 0 Å². The molecule has 0 saturated carbocycles. The Balaban J connectivity index is 1.76. The monoisotopic (exact) mass is 492 g/mol. The highest BCUT2D eigenvalue weighted by Crippen LogP contribution is 2.34.